The van der Waals surface area contributed by atoms with Gasteiger partial charge in [0.05, 0.1) is 18.9 Å². The summed E-state index contributed by atoms with van der Waals surface area (Å²) in [5, 5.41) is 3.53. The summed E-state index contributed by atoms with van der Waals surface area (Å²) >= 11 is 0. The van der Waals surface area contributed by atoms with E-state index in [-0.39, 0.29) is 11.6 Å². The summed E-state index contributed by atoms with van der Waals surface area (Å²) < 4.78 is 11.0. The number of furan rings is 1. The van der Waals surface area contributed by atoms with Gasteiger partial charge in [0.1, 0.15) is 5.76 Å². The van der Waals surface area contributed by atoms with Gasteiger partial charge in [0.2, 0.25) is 0 Å². The van der Waals surface area contributed by atoms with Crippen molar-refractivity contribution >= 4 is 0 Å². The van der Waals surface area contributed by atoms with Crippen molar-refractivity contribution in [3.63, 3.8) is 0 Å². The van der Waals surface area contributed by atoms with Gasteiger partial charge in [-0.2, -0.15) is 0 Å². The predicted molar refractivity (Wildman–Crippen MR) is 58.7 cm³/mol. The Balaban J connectivity index is 1.96. The maximum Gasteiger partial charge on any atom is 0.120 e. The first kappa shape index (κ1) is 10.7. The average molecular weight is 209 g/mol. The summed E-state index contributed by atoms with van der Waals surface area (Å²) in [4.78, 5) is 0. The Labute approximate surface area is 90.8 Å². The molecule has 0 radical (unpaired) electrons. The highest BCUT2D eigenvalue weighted by atomic mass is 16.5. The van der Waals surface area contributed by atoms with E-state index in [9.17, 15) is 0 Å². The normalized spacial score (nSPS) is 31.0. The third-order valence-electron chi connectivity index (χ3n) is 3.51. The first-order chi connectivity index (χ1) is 7.12. The largest absolute Gasteiger partial charge is 0.468 e. The molecule has 0 spiro atoms. The number of hydrogen-bond donors (Lipinski definition) is 1. The lowest BCUT2D eigenvalue weighted by Gasteiger charge is -2.28. The van der Waals surface area contributed by atoms with Crippen LogP contribution in [0.15, 0.2) is 16.7 Å². The van der Waals surface area contributed by atoms with Crippen molar-refractivity contribution in [2.45, 2.75) is 45.4 Å². The van der Waals surface area contributed by atoms with E-state index in [1.54, 1.807) is 6.26 Å². The molecule has 1 N–H and O–H groups in total. The first-order valence-corrected chi connectivity index (χ1v) is 5.51. The summed E-state index contributed by atoms with van der Waals surface area (Å²) in [7, 11) is 0. The second-order valence-electron chi connectivity index (χ2n) is 4.56. The number of ether oxygens (including phenoxy) is 1. The first-order valence-electron chi connectivity index (χ1n) is 5.51. The summed E-state index contributed by atoms with van der Waals surface area (Å²) in [5.41, 5.74) is 1.29. The molecule has 0 aliphatic carbocycles. The van der Waals surface area contributed by atoms with Gasteiger partial charge in [-0.05, 0) is 38.8 Å². The van der Waals surface area contributed by atoms with Gasteiger partial charge in [-0.3, -0.25) is 0 Å². The monoisotopic (exact) mass is 209 g/mol. The molecule has 2 unspecified atom stereocenters. The molecule has 2 heterocycles. The third kappa shape index (κ3) is 2.08. The molecule has 1 aliphatic rings. The molecule has 0 bridgehead atoms. The lowest BCUT2D eigenvalue weighted by molar-refractivity contribution is 0.0874. The van der Waals surface area contributed by atoms with Crippen LogP contribution in [0, 0.1) is 6.92 Å². The van der Waals surface area contributed by atoms with Crippen LogP contribution in [0.4, 0.5) is 0 Å². The molecule has 15 heavy (non-hydrogen) atoms. The molecule has 1 aromatic heterocycles. The zero-order valence-electron chi connectivity index (χ0n) is 9.67. The molecule has 1 aliphatic heterocycles. The van der Waals surface area contributed by atoms with E-state index in [0.717, 1.165) is 25.3 Å². The SMILES string of the molecule is Cc1ccoc1CNC1(C)CCOC1C. The van der Waals surface area contributed by atoms with Crippen LogP contribution in [0.1, 0.15) is 31.6 Å². The minimum atomic E-state index is 0.0826. The molecule has 84 valence electrons. The molecular formula is C12H19NO2. The van der Waals surface area contributed by atoms with Gasteiger partial charge in [0.25, 0.3) is 0 Å². The highest BCUT2D eigenvalue weighted by Gasteiger charge is 2.36. The van der Waals surface area contributed by atoms with Crippen LogP contribution in [-0.2, 0) is 11.3 Å². The Morgan fingerprint density at radius 2 is 2.40 bits per heavy atom. The van der Waals surface area contributed by atoms with Crippen molar-refractivity contribution in [1.29, 1.82) is 0 Å². The van der Waals surface area contributed by atoms with Crippen molar-refractivity contribution in [3.8, 4) is 0 Å². The van der Waals surface area contributed by atoms with Crippen molar-refractivity contribution in [3.05, 3.63) is 23.7 Å². The van der Waals surface area contributed by atoms with Crippen LogP contribution in [0.25, 0.3) is 0 Å². The van der Waals surface area contributed by atoms with Crippen LogP contribution in [0.2, 0.25) is 0 Å². The molecule has 1 fully saturated rings. The van der Waals surface area contributed by atoms with Crippen LogP contribution in [0.5, 0.6) is 0 Å². The van der Waals surface area contributed by atoms with E-state index in [1.807, 2.05) is 6.07 Å². The number of hydrogen-bond acceptors (Lipinski definition) is 3. The van der Waals surface area contributed by atoms with Gasteiger partial charge in [-0.1, -0.05) is 0 Å². The number of aryl methyl sites for hydroxylation is 1. The fraction of sp³-hybridized carbons (Fsp3) is 0.667. The van der Waals surface area contributed by atoms with E-state index in [4.69, 9.17) is 9.15 Å². The van der Waals surface area contributed by atoms with Crippen molar-refractivity contribution in [2.24, 2.45) is 0 Å². The van der Waals surface area contributed by atoms with Crippen LogP contribution < -0.4 is 5.32 Å². The summed E-state index contributed by atoms with van der Waals surface area (Å²) in [6.45, 7) is 8.03. The van der Waals surface area contributed by atoms with Crippen LogP contribution >= 0.6 is 0 Å². The van der Waals surface area contributed by atoms with E-state index < -0.39 is 0 Å². The van der Waals surface area contributed by atoms with Gasteiger partial charge in [0, 0.05) is 12.1 Å². The lowest BCUT2D eigenvalue weighted by atomic mass is 9.94. The molecule has 0 amide bonds. The summed E-state index contributed by atoms with van der Waals surface area (Å²) in [6, 6.07) is 1.99. The average Bonchev–Trinajstić information content (AvgIpc) is 2.73. The van der Waals surface area contributed by atoms with Gasteiger partial charge in [0.15, 0.2) is 0 Å². The molecule has 1 aromatic rings. The molecule has 0 aromatic carbocycles. The molecule has 3 nitrogen and oxygen atoms in total. The topological polar surface area (TPSA) is 34.4 Å². The second kappa shape index (κ2) is 3.99. The maximum absolute atomic E-state index is 5.58. The third-order valence-corrected chi connectivity index (χ3v) is 3.51. The quantitative estimate of drug-likeness (QED) is 0.829. The lowest BCUT2D eigenvalue weighted by Crippen LogP contribution is -2.47. The van der Waals surface area contributed by atoms with Crippen molar-refractivity contribution < 1.29 is 9.15 Å². The molecule has 2 atom stereocenters. The minimum absolute atomic E-state index is 0.0826. The van der Waals surface area contributed by atoms with E-state index in [1.165, 1.54) is 5.56 Å². The molecule has 0 saturated carbocycles. The Morgan fingerprint density at radius 1 is 1.60 bits per heavy atom. The number of rotatable bonds is 3. The van der Waals surface area contributed by atoms with Gasteiger partial charge in [-0.15, -0.1) is 0 Å². The van der Waals surface area contributed by atoms with Gasteiger partial charge < -0.3 is 14.5 Å². The smallest absolute Gasteiger partial charge is 0.120 e. The van der Waals surface area contributed by atoms with E-state index in [2.05, 4.69) is 26.1 Å². The standard InChI is InChI=1S/C12H19NO2/c1-9-4-6-15-11(9)8-13-12(3)5-7-14-10(12)2/h4,6,10,13H,5,7-8H2,1-3H3. The second-order valence-corrected chi connectivity index (χ2v) is 4.56. The highest BCUT2D eigenvalue weighted by molar-refractivity contribution is 5.14. The Kier molecular flexibility index (Phi) is 2.85. The Hall–Kier alpha value is -0.800. The molecule has 1 saturated heterocycles. The highest BCUT2D eigenvalue weighted by Crippen LogP contribution is 2.25. The van der Waals surface area contributed by atoms with Crippen LogP contribution in [0.3, 0.4) is 0 Å². The zero-order valence-corrected chi connectivity index (χ0v) is 9.67. The van der Waals surface area contributed by atoms with Gasteiger partial charge >= 0.3 is 0 Å². The fourth-order valence-electron chi connectivity index (χ4n) is 1.93. The summed E-state index contributed by atoms with van der Waals surface area (Å²) in [6.07, 6.45) is 3.07. The molecular weight excluding hydrogens is 190 g/mol. The number of nitrogens with one attached hydrogen (secondary N) is 1. The van der Waals surface area contributed by atoms with Crippen molar-refractivity contribution in [1.82, 2.24) is 5.32 Å². The fourth-order valence-corrected chi connectivity index (χ4v) is 1.93. The van der Waals surface area contributed by atoms with E-state index in [0.29, 0.717) is 0 Å². The Bertz CT molecular complexity index is 334. The summed E-state index contributed by atoms with van der Waals surface area (Å²) in [5.74, 6) is 1.02. The molecule has 2 rings (SSSR count). The van der Waals surface area contributed by atoms with Crippen molar-refractivity contribution in [2.75, 3.05) is 6.61 Å². The molecule has 3 heteroatoms. The van der Waals surface area contributed by atoms with E-state index >= 15 is 0 Å². The zero-order chi connectivity index (χ0) is 10.9. The van der Waals surface area contributed by atoms with Crippen LogP contribution in [-0.4, -0.2) is 18.2 Å². The minimum Gasteiger partial charge on any atom is -0.468 e. The Morgan fingerprint density at radius 3 is 2.93 bits per heavy atom. The maximum atomic E-state index is 5.58. The van der Waals surface area contributed by atoms with Gasteiger partial charge in [-0.25, -0.2) is 0 Å². The predicted octanol–water partition coefficient (Wildman–Crippen LogP) is 2.25.